The fraction of sp³-hybridized carbons (Fsp3) is 0.0455. The van der Waals surface area contributed by atoms with Crippen molar-refractivity contribution in [2.24, 2.45) is 0 Å². The van der Waals surface area contributed by atoms with Gasteiger partial charge in [-0.2, -0.15) is 0 Å². The Bertz CT molecular complexity index is 2720. The molecule has 220 valence electrons. The summed E-state index contributed by atoms with van der Waals surface area (Å²) in [6, 6.07) is 51.4. The highest BCUT2D eigenvalue weighted by atomic mass is 28.3. The van der Waals surface area contributed by atoms with E-state index in [0.29, 0.717) is 0 Å². The Morgan fingerprint density at radius 3 is 1.85 bits per heavy atom. The summed E-state index contributed by atoms with van der Waals surface area (Å²) in [6.07, 6.45) is 1.86. The molecule has 9 aromatic rings. The molecule has 10 rings (SSSR count). The van der Waals surface area contributed by atoms with Crippen molar-refractivity contribution in [3.8, 4) is 33.5 Å². The van der Waals surface area contributed by atoms with E-state index in [1.807, 2.05) is 12.3 Å². The van der Waals surface area contributed by atoms with Crippen LogP contribution in [-0.4, -0.2) is 18.0 Å². The van der Waals surface area contributed by atoms with E-state index in [9.17, 15) is 0 Å². The summed E-state index contributed by atoms with van der Waals surface area (Å²) in [7, 11) is -1.73. The molecule has 7 aromatic carbocycles. The van der Waals surface area contributed by atoms with Crippen LogP contribution in [0.25, 0.3) is 87.6 Å². The van der Waals surface area contributed by atoms with Gasteiger partial charge in [-0.25, -0.2) is 4.98 Å². The largest absolute Gasteiger partial charge is 0.254 e. The predicted octanol–water partition coefficient (Wildman–Crippen LogP) is 10.4. The molecule has 1 aliphatic rings. The van der Waals surface area contributed by atoms with Crippen LogP contribution in [0.1, 0.15) is 0 Å². The van der Waals surface area contributed by atoms with E-state index in [-0.39, 0.29) is 0 Å². The smallest absolute Gasteiger partial charge is 0.113 e. The maximum Gasteiger partial charge on any atom is 0.113 e. The average molecular weight is 615 g/mol. The molecular formula is C44H30N2Si. The first kappa shape index (κ1) is 26.6. The highest BCUT2D eigenvalue weighted by Crippen LogP contribution is 2.45. The second kappa shape index (κ2) is 9.68. The Morgan fingerprint density at radius 1 is 0.447 bits per heavy atom. The first-order valence-electron chi connectivity index (χ1n) is 16.3. The molecule has 0 unspecified atom stereocenters. The molecule has 2 aromatic heterocycles. The maximum absolute atomic E-state index is 5.32. The second-order valence-electron chi connectivity index (χ2n) is 13.3. The lowest BCUT2D eigenvalue weighted by molar-refractivity contribution is 1.38. The highest BCUT2D eigenvalue weighted by Gasteiger charge is 2.37. The van der Waals surface area contributed by atoms with Crippen LogP contribution in [0.3, 0.4) is 0 Å². The van der Waals surface area contributed by atoms with Crippen molar-refractivity contribution >= 4 is 72.6 Å². The van der Waals surface area contributed by atoms with Crippen LogP contribution in [0, 0.1) is 0 Å². The van der Waals surface area contributed by atoms with Crippen molar-refractivity contribution in [2.45, 2.75) is 13.1 Å². The highest BCUT2D eigenvalue weighted by molar-refractivity contribution is 7.04. The van der Waals surface area contributed by atoms with E-state index < -0.39 is 8.07 Å². The fourth-order valence-corrected chi connectivity index (χ4v) is 11.3. The minimum atomic E-state index is -1.73. The molecule has 0 amide bonds. The van der Waals surface area contributed by atoms with Gasteiger partial charge in [0.2, 0.25) is 0 Å². The maximum atomic E-state index is 5.32. The Morgan fingerprint density at radius 2 is 1.09 bits per heavy atom. The van der Waals surface area contributed by atoms with Crippen LogP contribution >= 0.6 is 0 Å². The SMILES string of the molecule is C[Si]1(C)c2ccccc2-c2c1ccc1cc(-c3c4ccccc4c(-c4ccc5ccc6cccnc6c5n4)c4ccccc34)ccc21. The van der Waals surface area contributed by atoms with Crippen LogP contribution in [-0.2, 0) is 0 Å². The summed E-state index contributed by atoms with van der Waals surface area (Å²) in [6.45, 7) is 4.97. The first-order chi connectivity index (χ1) is 23.1. The summed E-state index contributed by atoms with van der Waals surface area (Å²) in [5.74, 6) is 0. The fourth-order valence-electron chi connectivity index (χ4n) is 8.27. The van der Waals surface area contributed by atoms with Crippen molar-refractivity contribution in [3.63, 3.8) is 0 Å². The molecule has 0 atom stereocenters. The van der Waals surface area contributed by atoms with Gasteiger partial charge in [0.25, 0.3) is 0 Å². The summed E-state index contributed by atoms with van der Waals surface area (Å²) in [5.41, 5.74) is 9.37. The normalized spacial score (nSPS) is 13.5. The standard InChI is InChI=1S/C44H30N2Si/c1-47(2)38-16-8-7-15-36(38)42-31-22-19-30(26-29(31)21-24-39(42)47)40-32-11-3-5-13-34(32)41(35-14-6-4-12-33(35)40)37-23-20-28-18-17-27-10-9-25-45-43(27)44(28)46-37/h3-26H,1-2H3. The van der Waals surface area contributed by atoms with Gasteiger partial charge in [-0.1, -0.05) is 134 Å². The Balaban J connectivity index is 1.24. The van der Waals surface area contributed by atoms with Gasteiger partial charge in [-0.3, -0.25) is 4.98 Å². The van der Waals surface area contributed by atoms with Crippen LogP contribution in [0.5, 0.6) is 0 Å². The number of hydrogen-bond donors (Lipinski definition) is 0. The topological polar surface area (TPSA) is 25.8 Å². The second-order valence-corrected chi connectivity index (χ2v) is 17.7. The van der Waals surface area contributed by atoms with E-state index in [1.54, 1.807) is 10.4 Å². The van der Waals surface area contributed by atoms with Crippen molar-refractivity contribution in [3.05, 3.63) is 146 Å². The van der Waals surface area contributed by atoms with Gasteiger partial charge in [0.15, 0.2) is 0 Å². The van der Waals surface area contributed by atoms with Crippen molar-refractivity contribution < 1.29 is 0 Å². The lowest BCUT2D eigenvalue weighted by Gasteiger charge is -2.19. The molecule has 47 heavy (non-hydrogen) atoms. The third kappa shape index (κ3) is 3.72. The number of hydrogen-bond acceptors (Lipinski definition) is 2. The van der Waals surface area contributed by atoms with Gasteiger partial charge >= 0.3 is 0 Å². The molecular weight excluding hydrogens is 585 g/mol. The van der Waals surface area contributed by atoms with E-state index in [0.717, 1.165) is 33.1 Å². The lowest BCUT2D eigenvalue weighted by atomic mass is 9.86. The lowest BCUT2D eigenvalue weighted by Crippen LogP contribution is -2.49. The van der Waals surface area contributed by atoms with E-state index >= 15 is 0 Å². The number of pyridine rings is 2. The van der Waals surface area contributed by atoms with Crippen molar-refractivity contribution in [2.75, 3.05) is 0 Å². The molecule has 0 spiro atoms. The number of fused-ring (bicyclic) bond motifs is 10. The van der Waals surface area contributed by atoms with E-state index in [4.69, 9.17) is 9.97 Å². The molecule has 2 nitrogen and oxygen atoms in total. The molecule has 3 heterocycles. The van der Waals surface area contributed by atoms with Crippen LogP contribution < -0.4 is 10.4 Å². The third-order valence-corrected chi connectivity index (χ3v) is 14.0. The Hall–Kier alpha value is -5.64. The third-order valence-electron chi connectivity index (χ3n) is 10.5. The molecule has 0 N–H and O–H groups in total. The zero-order valence-electron chi connectivity index (χ0n) is 26.3. The van der Waals surface area contributed by atoms with Crippen molar-refractivity contribution in [1.29, 1.82) is 0 Å². The quantitative estimate of drug-likeness (QED) is 0.110. The molecule has 0 bridgehead atoms. The van der Waals surface area contributed by atoms with Gasteiger partial charge < -0.3 is 0 Å². The number of rotatable bonds is 2. The molecule has 0 radical (unpaired) electrons. The molecule has 0 saturated carbocycles. The minimum absolute atomic E-state index is 0.938. The summed E-state index contributed by atoms with van der Waals surface area (Å²) < 4.78 is 0. The molecule has 3 heteroatoms. The monoisotopic (exact) mass is 614 g/mol. The number of benzene rings is 7. The van der Waals surface area contributed by atoms with E-state index in [2.05, 4.69) is 147 Å². The van der Waals surface area contributed by atoms with Gasteiger partial charge in [0.1, 0.15) is 8.07 Å². The Kier molecular flexibility index (Phi) is 5.47. The van der Waals surface area contributed by atoms with Crippen LogP contribution in [0.15, 0.2) is 146 Å². The molecule has 0 fully saturated rings. The van der Waals surface area contributed by atoms with Gasteiger partial charge in [0.05, 0.1) is 16.7 Å². The summed E-state index contributed by atoms with van der Waals surface area (Å²) in [5, 5.41) is 12.8. The van der Waals surface area contributed by atoms with Crippen LogP contribution in [0.4, 0.5) is 0 Å². The first-order valence-corrected chi connectivity index (χ1v) is 19.3. The number of nitrogens with zero attached hydrogens (tertiary/aromatic N) is 2. The average Bonchev–Trinajstić information content (AvgIpc) is 3.36. The van der Waals surface area contributed by atoms with Crippen molar-refractivity contribution in [1.82, 2.24) is 9.97 Å². The summed E-state index contributed by atoms with van der Waals surface area (Å²) in [4.78, 5) is 10.1. The zero-order valence-corrected chi connectivity index (χ0v) is 27.3. The van der Waals surface area contributed by atoms with Gasteiger partial charge in [-0.15, -0.1) is 0 Å². The Labute approximate surface area is 274 Å². The van der Waals surface area contributed by atoms with E-state index in [1.165, 1.54) is 54.6 Å². The summed E-state index contributed by atoms with van der Waals surface area (Å²) >= 11 is 0. The zero-order chi connectivity index (χ0) is 31.3. The van der Waals surface area contributed by atoms with Gasteiger partial charge in [0, 0.05) is 22.5 Å². The van der Waals surface area contributed by atoms with Crippen LogP contribution in [0.2, 0.25) is 13.1 Å². The van der Waals surface area contributed by atoms with Gasteiger partial charge in [-0.05, 0) is 83.1 Å². The minimum Gasteiger partial charge on any atom is -0.254 e. The molecule has 0 aliphatic carbocycles. The molecule has 1 aliphatic heterocycles. The molecule has 0 saturated heterocycles. The predicted molar refractivity (Wildman–Crippen MR) is 203 cm³/mol. The number of aromatic nitrogens is 2.